The zero-order valence-corrected chi connectivity index (χ0v) is 12.6. The second-order valence-corrected chi connectivity index (χ2v) is 7.04. The second-order valence-electron chi connectivity index (χ2n) is 7.04. The van der Waals surface area contributed by atoms with E-state index in [4.69, 9.17) is 0 Å². The molecular formula is C18H34. The first-order valence-electron chi connectivity index (χ1n) is 8.90. The molecule has 18 heavy (non-hydrogen) atoms. The maximum Gasteiger partial charge on any atom is -0.0383 e. The zero-order valence-electron chi connectivity index (χ0n) is 12.6. The maximum atomic E-state index is 2.36. The highest BCUT2D eigenvalue weighted by Gasteiger charge is 2.26. The van der Waals surface area contributed by atoms with E-state index in [1.54, 1.807) is 32.1 Å². The summed E-state index contributed by atoms with van der Waals surface area (Å²) in [5, 5.41) is 0. The lowest BCUT2D eigenvalue weighted by Crippen LogP contribution is -2.22. The third-order valence-electron chi connectivity index (χ3n) is 5.61. The molecule has 0 aromatic carbocycles. The van der Waals surface area contributed by atoms with Gasteiger partial charge in [0.15, 0.2) is 0 Å². The summed E-state index contributed by atoms with van der Waals surface area (Å²) in [5.74, 6) is 3.29. The van der Waals surface area contributed by atoms with Crippen molar-refractivity contribution in [2.45, 2.75) is 96.8 Å². The minimum absolute atomic E-state index is 1.09. The molecule has 0 aromatic heterocycles. The van der Waals surface area contributed by atoms with Crippen LogP contribution in [0.25, 0.3) is 0 Å². The lowest BCUT2D eigenvalue weighted by molar-refractivity contribution is 0.177. The third kappa shape index (κ3) is 4.59. The van der Waals surface area contributed by atoms with E-state index in [2.05, 4.69) is 6.92 Å². The minimum atomic E-state index is 1.09. The van der Waals surface area contributed by atoms with Crippen LogP contribution in [0.3, 0.4) is 0 Å². The van der Waals surface area contributed by atoms with E-state index < -0.39 is 0 Å². The maximum absolute atomic E-state index is 2.36. The Morgan fingerprint density at radius 1 is 0.833 bits per heavy atom. The normalized spacial score (nSPS) is 25.2. The number of unbranched alkanes of at least 4 members (excludes halogenated alkanes) is 1. The molecule has 0 aromatic rings. The van der Waals surface area contributed by atoms with Crippen molar-refractivity contribution in [1.82, 2.24) is 0 Å². The SMILES string of the molecule is CCCCC(CC1CCCCC1)C1CCCCC1. The highest BCUT2D eigenvalue weighted by atomic mass is 14.3. The van der Waals surface area contributed by atoms with E-state index in [1.165, 1.54) is 57.8 Å². The van der Waals surface area contributed by atoms with Crippen molar-refractivity contribution >= 4 is 0 Å². The van der Waals surface area contributed by atoms with Gasteiger partial charge in [-0.1, -0.05) is 90.4 Å². The van der Waals surface area contributed by atoms with Gasteiger partial charge in [-0.15, -0.1) is 0 Å². The quantitative estimate of drug-likeness (QED) is 0.515. The summed E-state index contributed by atoms with van der Waals surface area (Å²) in [5.41, 5.74) is 0. The van der Waals surface area contributed by atoms with Crippen molar-refractivity contribution in [1.29, 1.82) is 0 Å². The monoisotopic (exact) mass is 250 g/mol. The summed E-state index contributed by atoms with van der Waals surface area (Å²) >= 11 is 0. The fraction of sp³-hybridized carbons (Fsp3) is 1.00. The van der Waals surface area contributed by atoms with Crippen molar-refractivity contribution in [3.63, 3.8) is 0 Å². The lowest BCUT2D eigenvalue weighted by Gasteiger charge is -2.34. The van der Waals surface area contributed by atoms with Gasteiger partial charge >= 0.3 is 0 Å². The van der Waals surface area contributed by atoms with Crippen LogP contribution in [0.1, 0.15) is 96.8 Å². The third-order valence-corrected chi connectivity index (χ3v) is 5.61. The van der Waals surface area contributed by atoms with E-state index in [1.807, 2.05) is 0 Å². The van der Waals surface area contributed by atoms with Crippen molar-refractivity contribution in [3.8, 4) is 0 Å². The molecule has 0 radical (unpaired) electrons. The molecule has 0 aliphatic heterocycles. The fourth-order valence-electron chi connectivity index (χ4n) is 4.47. The van der Waals surface area contributed by atoms with Gasteiger partial charge in [-0.05, 0) is 24.2 Å². The van der Waals surface area contributed by atoms with Crippen LogP contribution in [0.15, 0.2) is 0 Å². The van der Waals surface area contributed by atoms with Crippen LogP contribution in [0.2, 0.25) is 0 Å². The van der Waals surface area contributed by atoms with E-state index in [0.717, 1.165) is 17.8 Å². The van der Waals surface area contributed by atoms with Crippen LogP contribution in [0.4, 0.5) is 0 Å². The molecule has 2 rings (SSSR count). The zero-order chi connectivity index (χ0) is 12.6. The van der Waals surface area contributed by atoms with Gasteiger partial charge in [-0.25, -0.2) is 0 Å². The molecule has 0 spiro atoms. The number of hydrogen-bond acceptors (Lipinski definition) is 0. The Balaban J connectivity index is 1.82. The van der Waals surface area contributed by atoms with Gasteiger partial charge in [-0.3, -0.25) is 0 Å². The first-order chi connectivity index (χ1) is 8.90. The Morgan fingerprint density at radius 3 is 2.06 bits per heavy atom. The Kier molecular flexibility index (Phi) is 6.59. The number of rotatable bonds is 6. The fourth-order valence-corrected chi connectivity index (χ4v) is 4.47. The topological polar surface area (TPSA) is 0 Å². The van der Waals surface area contributed by atoms with E-state index in [-0.39, 0.29) is 0 Å². The number of hydrogen-bond donors (Lipinski definition) is 0. The van der Waals surface area contributed by atoms with E-state index >= 15 is 0 Å². The largest absolute Gasteiger partial charge is 0.0654 e. The van der Waals surface area contributed by atoms with Crippen molar-refractivity contribution in [2.24, 2.45) is 17.8 Å². The standard InChI is InChI=1S/C18H34/c1-2-3-12-18(17-13-8-5-9-14-17)15-16-10-6-4-7-11-16/h16-18H,2-15H2,1H3. The van der Waals surface area contributed by atoms with Gasteiger partial charge in [0.25, 0.3) is 0 Å². The first-order valence-corrected chi connectivity index (χ1v) is 8.90. The van der Waals surface area contributed by atoms with Gasteiger partial charge in [0, 0.05) is 0 Å². The minimum Gasteiger partial charge on any atom is -0.0654 e. The highest BCUT2D eigenvalue weighted by molar-refractivity contribution is 4.78. The van der Waals surface area contributed by atoms with Crippen molar-refractivity contribution in [2.75, 3.05) is 0 Å². The van der Waals surface area contributed by atoms with E-state index in [9.17, 15) is 0 Å². The predicted molar refractivity (Wildman–Crippen MR) is 80.8 cm³/mol. The molecule has 106 valence electrons. The Labute approximate surface area is 115 Å². The Morgan fingerprint density at radius 2 is 1.44 bits per heavy atom. The summed E-state index contributed by atoms with van der Waals surface area (Å²) in [6.07, 6.45) is 21.3. The van der Waals surface area contributed by atoms with Gasteiger partial charge < -0.3 is 0 Å². The summed E-state index contributed by atoms with van der Waals surface area (Å²) in [6.45, 7) is 2.36. The highest BCUT2D eigenvalue weighted by Crippen LogP contribution is 2.39. The molecule has 2 aliphatic carbocycles. The van der Waals surface area contributed by atoms with Crippen LogP contribution >= 0.6 is 0 Å². The molecule has 1 atom stereocenters. The van der Waals surface area contributed by atoms with E-state index in [0.29, 0.717) is 0 Å². The molecule has 2 saturated carbocycles. The average molecular weight is 250 g/mol. The summed E-state index contributed by atoms with van der Waals surface area (Å²) in [6, 6.07) is 0. The molecule has 2 aliphatic rings. The van der Waals surface area contributed by atoms with Crippen molar-refractivity contribution in [3.05, 3.63) is 0 Å². The van der Waals surface area contributed by atoms with Crippen LogP contribution in [-0.4, -0.2) is 0 Å². The molecule has 0 bridgehead atoms. The van der Waals surface area contributed by atoms with Crippen LogP contribution in [-0.2, 0) is 0 Å². The molecule has 0 nitrogen and oxygen atoms in total. The second kappa shape index (κ2) is 8.23. The predicted octanol–water partition coefficient (Wildman–Crippen LogP) is 6.34. The van der Waals surface area contributed by atoms with Gasteiger partial charge in [0.1, 0.15) is 0 Å². The van der Waals surface area contributed by atoms with Crippen molar-refractivity contribution < 1.29 is 0 Å². The lowest BCUT2D eigenvalue weighted by atomic mass is 9.72. The summed E-state index contributed by atoms with van der Waals surface area (Å²) in [7, 11) is 0. The average Bonchev–Trinajstić information content (AvgIpc) is 2.45. The molecule has 0 heterocycles. The molecule has 0 saturated heterocycles. The van der Waals surface area contributed by atoms with Gasteiger partial charge in [0.05, 0.1) is 0 Å². The van der Waals surface area contributed by atoms with Crippen LogP contribution in [0, 0.1) is 17.8 Å². The smallest absolute Gasteiger partial charge is 0.0383 e. The molecular weight excluding hydrogens is 216 g/mol. The summed E-state index contributed by atoms with van der Waals surface area (Å²) in [4.78, 5) is 0. The summed E-state index contributed by atoms with van der Waals surface area (Å²) < 4.78 is 0. The first kappa shape index (κ1) is 14.4. The molecule has 2 fully saturated rings. The Bertz CT molecular complexity index is 196. The van der Waals surface area contributed by atoms with Crippen LogP contribution < -0.4 is 0 Å². The van der Waals surface area contributed by atoms with Gasteiger partial charge in [-0.2, -0.15) is 0 Å². The molecule has 0 heteroatoms. The molecule has 1 unspecified atom stereocenters. The molecule has 0 amide bonds. The van der Waals surface area contributed by atoms with Crippen LogP contribution in [0.5, 0.6) is 0 Å². The Hall–Kier alpha value is 0. The van der Waals surface area contributed by atoms with Gasteiger partial charge in [0.2, 0.25) is 0 Å². The molecule has 0 N–H and O–H groups in total.